The Bertz CT molecular complexity index is 1050. The van der Waals surface area contributed by atoms with Crippen LogP contribution in [-0.4, -0.2) is 23.0 Å². The number of halogens is 1. The minimum Gasteiger partial charge on any atom is -0.490 e. The highest BCUT2D eigenvalue weighted by Gasteiger charge is 2.35. The van der Waals surface area contributed by atoms with Gasteiger partial charge in [0.05, 0.1) is 16.3 Å². The SMILES string of the molecule is Cc1ccc(C)c(N2C(=O)/C(=C/c3ccc(OC(C)C)c(Br)c3)C(=O)NC2=S)c1. The average molecular weight is 473 g/mol. The van der Waals surface area contributed by atoms with E-state index in [4.69, 9.17) is 17.0 Å². The predicted octanol–water partition coefficient (Wildman–Crippen LogP) is 4.68. The maximum absolute atomic E-state index is 13.2. The number of thiocarbonyl (C=S) groups is 1. The van der Waals surface area contributed by atoms with E-state index in [-0.39, 0.29) is 16.8 Å². The molecule has 0 saturated carbocycles. The van der Waals surface area contributed by atoms with Crippen molar-refractivity contribution in [1.82, 2.24) is 5.32 Å². The van der Waals surface area contributed by atoms with Crippen LogP contribution in [0.3, 0.4) is 0 Å². The summed E-state index contributed by atoms with van der Waals surface area (Å²) in [4.78, 5) is 27.1. The van der Waals surface area contributed by atoms with Crippen LogP contribution in [-0.2, 0) is 9.59 Å². The van der Waals surface area contributed by atoms with E-state index >= 15 is 0 Å². The number of hydrogen-bond acceptors (Lipinski definition) is 4. The van der Waals surface area contributed by atoms with E-state index in [0.717, 1.165) is 15.6 Å². The minimum absolute atomic E-state index is 0.0175. The Kier molecular flexibility index (Phi) is 6.19. The molecule has 0 spiro atoms. The van der Waals surface area contributed by atoms with Crippen LogP contribution in [0.15, 0.2) is 46.4 Å². The fraction of sp³-hybridized carbons (Fsp3) is 0.227. The number of carbonyl (C=O) groups excluding carboxylic acids is 2. The molecule has 2 aromatic rings. The molecule has 2 amide bonds. The molecular formula is C22H21BrN2O3S. The van der Waals surface area contributed by atoms with Crippen LogP contribution in [0.2, 0.25) is 0 Å². The second-order valence-corrected chi connectivity index (χ2v) is 8.35. The molecule has 1 aliphatic rings. The van der Waals surface area contributed by atoms with Crippen molar-refractivity contribution >= 4 is 56.8 Å². The van der Waals surface area contributed by atoms with Crippen molar-refractivity contribution in [3.8, 4) is 5.75 Å². The van der Waals surface area contributed by atoms with Crippen molar-refractivity contribution in [2.75, 3.05) is 4.90 Å². The lowest BCUT2D eigenvalue weighted by Gasteiger charge is -2.30. The van der Waals surface area contributed by atoms with Crippen molar-refractivity contribution < 1.29 is 14.3 Å². The smallest absolute Gasteiger partial charge is 0.270 e. The Hall–Kier alpha value is -2.51. The van der Waals surface area contributed by atoms with Crippen LogP contribution in [0.4, 0.5) is 5.69 Å². The third-order valence-corrected chi connectivity index (χ3v) is 5.24. The van der Waals surface area contributed by atoms with Crippen LogP contribution in [0, 0.1) is 13.8 Å². The number of amides is 2. The molecule has 0 unspecified atom stereocenters. The van der Waals surface area contributed by atoms with Gasteiger partial charge in [-0.05, 0) is 96.8 Å². The Labute approximate surface area is 183 Å². The Balaban J connectivity index is 1.99. The lowest BCUT2D eigenvalue weighted by molar-refractivity contribution is -0.122. The number of anilines is 1. The molecular weight excluding hydrogens is 452 g/mol. The molecule has 29 heavy (non-hydrogen) atoms. The van der Waals surface area contributed by atoms with E-state index in [9.17, 15) is 9.59 Å². The van der Waals surface area contributed by atoms with Crippen LogP contribution in [0.25, 0.3) is 6.08 Å². The average Bonchev–Trinajstić information content (AvgIpc) is 2.63. The van der Waals surface area contributed by atoms with Gasteiger partial charge in [0, 0.05) is 0 Å². The molecule has 0 aliphatic carbocycles. The van der Waals surface area contributed by atoms with Gasteiger partial charge >= 0.3 is 0 Å². The van der Waals surface area contributed by atoms with Crippen molar-refractivity contribution in [2.24, 2.45) is 0 Å². The molecule has 150 valence electrons. The number of nitrogens with one attached hydrogen (secondary N) is 1. The fourth-order valence-corrected chi connectivity index (χ4v) is 3.72. The summed E-state index contributed by atoms with van der Waals surface area (Å²) >= 11 is 8.76. The second-order valence-electron chi connectivity index (χ2n) is 7.10. The summed E-state index contributed by atoms with van der Waals surface area (Å²) in [5, 5.41) is 2.70. The van der Waals surface area contributed by atoms with Crippen molar-refractivity contribution in [1.29, 1.82) is 0 Å². The lowest BCUT2D eigenvalue weighted by Crippen LogP contribution is -2.54. The van der Waals surface area contributed by atoms with E-state index < -0.39 is 11.8 Å². The zero-order chi connectivity index (χ0) is 21.3. The van der Waals surface area contributed by atoms with E-state index in [0.29, 0.717) is 17.0 Å². The third-order valence-electron chi connectivity index (χ3n) is 4.34. The van der Waals surface area contributed by atoms with Crippen LogP contribution < -0.4 is 15.0 Å². The van der Waals surface area contributed by atoms with Crippen molar-refractivity contribution in [2.45, 2.75) is 33.8 Å². The first-order chi connectivity index (χ1) is 13.7. The van der Waals surface area contributed by atoms with Gasteiger partial charge in [-0.3, -0.25) is 19.8 Å². The molecule has 0 atom stereocenters. The molecule has 1 aliphatic heterocycles. The normalized spacial score (nSPS) is 15.9. The molecule has 5 nitrogen and oxygen atoms in total. The highest BCUT2D eigenvalue weighted by atomic mass is 79.9. The van der Waals surface area contributed by atoms with E-state index in [1.54, 1.807) is 24.3 Å². The molecule has 7 heteroatoms. The number of benzene rings is 2. The summed E-state index contributed by atoms with van der Waals surface area (Å²) in [6.07, 6.45) is 1.59. The van der Waals surface area contributed by atoms with Gasteiger partial charge in [-0.2, -0.15) is 0 Å². The first-order valence-corrected chi connectivity index (χ1v) is 10.3. The Morgan fingerprint density at radius 2 is 1.86 bits per heavy atom. The summed E-state index contributed by atoms with van der Waals surface area (Å²) in [6, 6.07) is 11.2. The second kappa shape index (κ2) is 8.47. The molecule has 0 radical (unpaired) electrons. The lowest BCUT2D eigenvalue weighted by atomic mass is 10.0. The molecule has 3 rings (SSSR count). The van der Waals surface area contributed by atoms with Crippen molar-refractivity contribution in [3.05, 3.63) is 63.1 Å². The maximum Gasteiger partial charge on any atom is 0.270 e. The molecule has 1 saturated heterocycles. The number of carbonyl (C=O) groups is 2. The number of hydrogen-bond donors (Lipinski definition) is 1. The van der Waals surface area contributed by atoms with Gasteiger partial charge in [-0.1, -0.05) is 18.2 Å². The first kappa shape index (κ1) is 21.2. The number of nitrogens with zero attached hydrogens (tertiary/aromatic N) is 1. The van der Waals surface area contributed by atoms with Crippen LogP contribution in [0.1, 0.15) is 30.5 Å². The monoisotopic (exact) mass is 472 g/mol. The highest BCUT2D eigenvalue weighted by Crippen LogP contribution is 2.29. The van der Waals surface area contributed by atoms with E-state index in [1.807, 2.05) is 45.9 Å². The van der Waals surface area contributed by atoms with Crippen molar-refractivity contribution in [3.63, 3.8) is 0 Å². The van der Waals surface area contributed by atoms with Gasteiger partial charge in [0.15, 0.2) is 5.11 Å². The molecule has 1 fully saturated rings. The topological polar surface area (TPSA) is 58.6 Å². The van der Waals surface area contributed by atoms with E-state index in [1.165, 1.54) is 4.90 Å². The molecule has 1 N–H and O–H groups in total. The van der Waals surface area contributed by atoms with Crippen LogP contribution >= 0.6 is 28.1 Å². The molecule has 0 aromatic heterocycles. The van der Waals surface area contributed by atoms with Gasteiger partial charge in [0.2, 0.25) is 0 Å². The van der Waals surface area contributed by atoms with Gasteiger partial charge in [0.1, 0.15) is 11.3 Å². The van der Waals surface area contributed by atoms with Gasteiger partial charge in [0.25, 0.3) is 11.8 Å². The summed E-state index contributed by atoms with van der Waals surface area (Å²) in [7, 11) is 0. The zero-order valence-corrected chi connectivity index (χ0v) is 19.0. The number of aryl methyl sites for hydroxylation is 2. The highest BCUT2D eigenvalue weighted by molar-refractivity contribution is 9.10. The summed E-state index contributed by atoms with van der Waals surface area (Å²) in [6.45, 7) is 7.72. The summed E-state index contributed by atoms with van der Waals surface area (Å²) in [5.41, 5.74) is 3.25. The molecule has 0 bridgehead atoms. The number of rotatable bonds is 4. The first-order valence-electron chi connectivity index (χ1n) is 9.12. The summed E-state index contributed by atoms with van der Waals surface area (Å²) in [5.74, 6) is -0.272. The fourth-order valence-electron chi connectivity index (χ4n) is 2.96. The third kappa shape index (κ3) is 4.57. The maximum atomic E-state index is 13.2. The Morgan fingerprint density at radius 3 is 2.52 bits per heavy atom. The number of ether oxygens (including phenoxy) is 1. The molecule has 2 aromatic carbocycles. The predicted molar refractivity (Wildman–Crippen MR) is 122 cm³/mol. The Morgan fingerprint density at radius 1 is 1.14 bits per heavy atom. The van der Waals surface area contributed by atoms with Gasteiger partial charge in [-0.25, -0.2) is 0 Å². The van der Waals surface area contributed by atoms with E-state index in [2.05, 4.69) is 21.2 Å². The van der Waals surface area contributed by atoms with Gasteiger partial charge in [-0.15, -0.1) is 0 Å². The van der Waals surface area contributed by atoms with Gasteiger partial charge < -0.3 is 4.74 Å². The molecule has 1 heterocycles. The largest absolute Gasteiger partial charge is 0.490 e. The zero-order valence-electron chi connectivity index (χ0n) is 16.6. The standard InChI is InChI=1S/C22H21BrN2O3S/c1-12(2)28-19-8-7-15(11-17(19)23)10-16-20(26)24-22(29)25(21(16)27)18-9-13(3)5-6-14(18)4/h5-12H,1-4H3,(H,24,26,29)/b16-10+. The van der Waals surface area contributed by atoms with Crippen LogP contribution in [0.5, 0.6) is 5.75 Å². The minimum atomic E-state index is -0.514. The summed E-state index contributed by atoms with van der Waals surface area (Å²) < 4.78 is 6.45. The quantitative estimate of drug-likeness (QED) is 0.398.